The molecule has 0 spiro atoms. The zero-order chi connectivity index (χ0) is 31.4. The highest BCUT2D eigenvalue weighted by molar-refractivity contribution is 7.98. The van der Waals surface area contributed by atoms with Crippen LogP contribution in [-0.4, -0.2) is 53.0 Å². The summed E-state index contributed by atoms with van der Waals surface area (Å²) in [4.78, 5) is 43.4. The van der Waals surface area contributed by atoms with Crippen LogP contribution in [0, 0.1) is 27.7 Å². The zero-order valence-electron chi connectivity index (χ0n) is 27.1. The first kappa shape index (κ1) is 35.2. The molecule has 0 aliphatic rings. The topological polar surface area (TPSA) is 87.7 Å². The summed E-state index contributed by atoms with van der Waals surface area (Å²) in [5, 5.41) is 6.00. The van der Waals surface area contributed by atoms with E-state index in [2.05, 4.69) is 17.6 Å². The van der Waals surface area contributed by atoms with Crippen molar-refractivity contribution in [3.63, 3.8) is 0 Å². The Labute approximate surface area is 257 Å². The SMILES string of the molecule is CCCCCCN(C(=O)C(CCSC)NC(=O)OC(C)(C)C)C(C(=O)Nc1c(C)cccc1C)c1cccc(C)c1C. The number of ether oxygens (including phenoxy) is 1. The molecular weight excluding hydrogens is 546 g/mol. The molecule has 0 fully saturated rings. The molecule has 0 saturated heterocycles. The third-order valence-corrected chi connectivity index (χ3v) is 8.01. The van der Waals surface area contributed by atoms with E-state index >= 15 is 0 Å². The normalized spacial score (nSPS) is 12.8. The maximum atomic E-state index is 14.5. The van der Waals surface area contributed by atoms with E-state index in [1.54, 1.807) is 37.4 Å². The molecule has 0 saturated carbocycles. The second kappa shape index (κ2) is 16.6. The summed E-state index contributed by atoms with van der Waals surface area (Å²) >= 11 is 1.60. The van der Waals surface area contributed by atoms with E-state index in [0.717, 1.165) is 59.2 Å². The van der Waals surface area contributed by atoms with E-state index < -0.39 is 23.8 Å². The molecule has 3 amide bonds. The van der Waals surface area contributed by atoms with Gasteiger partial charge >= 0.3 is 6.09 Å². The van der Waals surface area contributed by atoms with Gasteiger partial charge in [-0.15, -0.1) is 0 Å². The summed E-state index contributed by atoms with van der Waals surface area (Å²) < 4.78 is 5.52. The van der Waals surface area contributed by atoms with Crippen LogP contribution in [-0.2, 0) is 14.3 Å². The average Bonchev–Trinajstić information content (AvgIpc) is 2.91. The molecule has 0 aliphatic heterocycles. The Morgan fingerprint density at radius 1 is 0.929 bits per heavy atom. The fourth-order valence-electron chi connectivity index (χ4n) is 4.94. The largest absolute Gasteiger partial charge is 0.444 e. The Morgan fingerprint density at radius 2 is 1.55 bits per heavy atom. The highest BCUT2D eigenvalue weighted by Crippen LogP contribution is 2.30. The highest BCUT2D eigenvalue weighted by Gasteiger charge is 2.37. The number of carbonyl (C=O) groups excluding carboxylic acids is 3. The fourth-order valence-corrected chi connectivity index (χ4v) is 5.41. The van der Waals surface area contributed by atoms with Gasteiger partial charge in [-0.05, 0) is 101 Å². The molecule has 0 bridgehead atoms. The number of nitrogens with zero attached hydrogens (tertiary/aromatic N) is 1. The second-order valence-electron chi connectivity index (χ2n) is 12.0. The number of benzene rings is 2. The van der Waals surface area contributed by atoms with Crippen molar-refractivity contribution in [3.05, 3.63) is 64.2 Å². The highest BCUT2D eigenvalue weighted by atomic mass is 32.2. The number of carbonyl (C=O) groups is 3. The molecule has 2 rings (SSSR count). The van der Waals surface area contributed by atoms with E-state index in [-0.39, 0.29) is 11.8 Å². The first-order chi connectivity index (χ1) is 19.8. The van der Waals surface area contributed by atoms with Gasteiger partial charge in [0.15, 0.2) is 0 Å². The summed E-state index contributed by atoms with van der Waals surface area (Å²) in [6, 6.07) is 10.1. The molecular formula is C34H51N3O4S. The Morgan fingerprint density at radius 3 is 2.14 bits per heavy atom. The number of aryl methyl sites for hydroxylation is 3. The fraction of sp³-hybridized carbons (Fsp3) is 0.559. The lowest BCUT2D eigenvalue weighted by molar-refractivity contribution is -0.141. The number of anilines is 1. The number of unbranched alkanes of at least 4 members (excludes halogenated alkanes) is 3. The molecule has 2 aromatic rings. The molecule has 8 heteroatoms. The van der Waals surface area contributed by atoms with Crippen molar-refractivity contribution in [1.29, 1.82) is 0 Å². The van der Waals surface area contributed by atoms with Crippen molar-refractivity contribution in [1.82, 2.24) is 10.2 Å². The van der Waals surface area contributed by atoms with Gasteiger partial charge in [0.2, 0.25) is 5.91 Å². The van der Waals surface area contributed by atoms with E-state index in [9.17, 15) is 14.4 Å². The number of para-hydroxylation sites is 1. The van der Waals surface area contributed by atoms with Crippen molar-refractivity contribution in [3.8, 4) is 0 Å². The summed E-state index contributed by atoms with van der Waals surface area (Å²) in [5.41, 5.74) is 4.74. The van der Waals surface area contributed by atoms with Crippen molar-refractivity contribution in [2.45, 2.75) is 105 Å². The minimum absolute atomic E-state index is 0.272. The molecule has 0 aliphatic carbocycles. The maximum Gasteiger partial charge on any atom is 0.408 e. The van der Waals surface area contributed by atoms with Gasteiger partial charge in [0, 0.05) is 12.2 Å². The smallest absolute Gasteiger partial charge is 0.408 e. The molecule has 2 N–H and O–H groups in total. The number of hydrogen-bond donors (Lipinski definition) is 2. The standard InChI is InChI=1S/C34H51N3O4S/c1-10-11-12-13-21-37(32(39)28(20-22-42-9)35-33(40)41-34(6,7)8)30(27-19-15-16-23(2)26(27)5)31(38)36-29-24(3)17-14-18-25(29)4/h14-19,28,30H,10-13,20-22H2,1-9H3,(H,35,40)(H,36,38). The molecule has 232 valence electrons. The molecule has 0 aromatic heterocycles. The lowest BCUT2D eigenvalue weighted by Crippen LogP contribution is -2.53. The van der Waals surface area contributed by atoms with E-state index in [1.165, 1.54) is 0 Å². The van der Waals surface area contributed by atoms with Gasteiger partial charge in [-0.2, -0.15) is 11.8 Å². The molecule has 2 unspecified atom stereocenters. The van der Waals surface area contributed by atoms with E-state index in [0.29, 0.717) is 18.7 Å². The quantitative estimate of drug-likeness (QED) is 0.218. The van der Waals surface area contributed by atoms with Gasteiger partial charge in [-0.3, -0.25) is 9.59 Å². The van der Waals surface area contributed by atoms with Crippen LogP contribution in [0.5, 0.6) is 0 Å². The van der Waals surface area contributed by atoms with Crippen molar-refractivity contribution >= 4 is 35.4 Å². The molecule has 2 aromatic carbocycles. The Bertz CT molecular complexity index is 1190. The van der Waals surface area contributed by atoms with Gasteiger partial charge in [0.1, 0.15) is 17.7 Å². The zero-order valence-corrected chi connectivity index (χ0v) is 27.9. The summed E-state index contributed by atoms with van der Waals surface area (Å²) in [6.07, 6.45) is 5.52. The monoisotopic (exact) mass is 597 g/mol. The van der Waals surface area contributed by atoms with Crippen LogP contribution >= 0.6 is 11.8 Å². The van der Waals surface area contributed by atoms with Gasteiger partial charge in [0.05, 0.1) is 0 Å². The van der Waals surface area contributed by atoms with E-state index in [1.807, 2.05) is 70.3 Å². The molecule has 7 nitrogen and oxygen atoms in total. The van der Waals surface area contributed by atoms with Gasteiger partial charge in [-0.1, -0.05) is 62.6 Å². The number of rotatable bonds is 14. The van der Waals surface area contributed by atoms with Gasteiger partial charge < -0.3 is 20.3 Å². The molecule has 0 heterocycles. The van der Waals surface area contributed by atoms with Crippen molar-refractivity contribution in [2.75, 3.05) is 23.9 Å². The van der Waals surface area contributed by atoms with Crippen LogP contribution in [0.4, 0.5) is 10.5 Å². The average molecular weight is 598 g/mol. The molecule has 42 heavy (non-hydrogen) atoms. The van der Waals surface area contributed by atoms with Crippen LogP contribution in [0.2, 0.25) is 0 Å². The Kier molecular flexibility index (Phi) is 13.9. The van der Waals surface area contributed by atoms with Gasteiger partial charge in [-0.25, -0.2) is 4.79 Å². The van der Waals surface area contributed by atoms with Crippen molar-refractivity contribution in [2.24, 2.45) is 0 Å². The van der Waals surface area contributed by atoms with Crippen LogP contribution in [0.1, 0.15) is 93.7 Å². The predicted octanol–water partition coefficient (Wildman–Crippen LogP) is 7.66. The number of hydrogen-bond acceptors (Lipinski definition) is 5. The van der Waals surface area contributed by atoms with Crippen LogP contribution in [0.3, 0.4) is 0 Å². The number of nitrogens with one attached hydrogen (secondary N) is 2. The predicted molar refractivity (Wildman–Crippen MR) is 175 cm³/mol. The molecule has 2 atom stereocenters. The van der Waals surface area contributed by atoms with E-state index in [4.69, 9.17) is 4.74 Å². The lowest BCUT2D eigenvalue weighted by Gasteiger charge is -2.35. The number of amides is 3. The summed E-state index contributed by atoms with van der Waals surface area (Å²) in [6.45, 7) is 15.8. The third-order valence-electron chi connectivity index (χ3n) is 7.37. The summed E-state index contributed by atoms with van der Waals surface area (Å²) in [7, 11) is 0. The summed E-state index contributed by atoms with van der Waals surface area (Å²) in [5.74, 6) is 0.110. The third kappa shape index (κ3) is 10.4. The minimum Gasteiger partial charge on any atom is -0.444 e. The maximum absolute atomic E-state index is 14.5. The molecule has 0 radical (unpaired) electrons. The Balaban J connectivity index is 2.63. The van der Waals surface area contributed by atoms with Crippen LogP contribution in [0.15, 0.2) is 36.4 Å². The minimum atomic E-state index is -0.879. The number of alkyl carbamates (subject to hydrolysis) is 1. The first-order valence-electron chi connectivity index (χ1n) is 15.0. The van der Waals surface area contributed by atoms with Crippen molar-refractivity contribution < 1.29 is 19.1 Å². The second-order valence-corrected chi connectivity index (χ2v) is 13.0. The first-order valence-corrected chi connectivity index (χ1v) is 16.4. The van der Waals surface area contributed by atoms with Gasteiger partial charge in [0.25, 0.3) is 5.91 Å². The van der Waals surface area contributed by atoms with Crippen LogP contribution in [0.25, 0.3) is 0 Å². The lowest BCUT2D eigenvalue weighted by atomic mass is 9.94. The van der Waals surface area contributed by atoms with Crippen LogP contribution < -0.4 is 10.6 Å². The Hall–Kier alpha value is -3.00. The number of thioether (sulfide) groups is 1.